The van der Waals surface area contributed by atoms with Crippen molar-refractivity contribution in [3.8, 4) is 6.07 Å². The summed E-state index contributed by atoms with van der Waals surface area (Å²) in [5.74, 6) is -4.43. The van der Waals surface area contributed by atoms with Gasteiger partial charge in [0.1, 0.15) is 17.2 Å². The van der Waals surface area contributed by atoms with Gasteiger partial charge in [0, 0.05) is 25.1 Å². The van der Waals surface area contributed by atoms with Crippen LogP contribution in [0.2, 0.25) is 0 Å². The molecular formula is C30H40F5N5O4S. The van der Waals surface area contributed by atoms with Gasteiger partial charge in [-0.2, -0.15) is 18.4 Å². The molecule has 1 aromatic heterocycles. The van der Waals surface area contributed by atoms with Crippen LogP contribution in [0.25, 0.3) is 0 Å². The van der Waals surface area contributed by atoms with Crippen molar-refractivity contribution in [3.63, 3.8) is 0 Å². The standard InChI is InChI=1S/C30H40F5N5O4S/c1-27(2,3)44-26(42)38-12-10-18(29(31,32)17-38)11-13-43-21-8-6-19(7-9-21)40-25(45)39(24(41)28(40,4)5)20-14-22(30(33,34)35)23(15-36)37-16-20/h14,16,18-19,21,25,45H,6-13,17H2,1-5H3/t18-,19?,21?,25+/m1/s1. The lowest BCUT2D eigenvalue weighted by Crippen LogP contribution is -2.52. The molecule has 2 atom stereocenters. The summed E-state index contributed by atoms with van der Waals surface area (Å²) in [5.41, 5.74) is -4.84. The lowest BCUT2D eigenvalue weighted by atomic mass is 9.88. The normalized spacial score (nSPS) is 27.4. The van der Waals surface area contributed by atoms with Crippen LogP contribution in [0.15, 0.2) is 12.3 Å². The van der Waals surface area contributed by atoms with Crippen LogP contribution in [-0.4, -0.2) is 81.2 Å². The summed E-state index contributed by atoms with van der Waals surface area (Å²) in [6, 6.07) is 2.06. The van der Waals surface area contributed by atoms with Crippen LogP contribution in [-0.2, 0) is 20.4 Å². The second kappa shape index (κ2) is 12.8. The molecule has 2 saturated heterocycles. The van der Waals surface area contributed by atoms with Crippen LogP contribution < -0.4 is 4.90 Å². The van der Waals surface area contributed by atoms with E-state index in [1.807, 2.05) is 4.90 Å². The Morgan fingerprint density at radius 3 is 2.36 bits per heavy atom. The molecule has 15 heteroatoms. The molecule has 0 bridgehead atoms. The third kappa shape index (κ3) is 7.65. The maximum atomic E-state index is 14.9. The van der Waals surface area contributed by atoms with Gasteiger partial charge >= 0.3 is 12.3 Å². The molecule has 9 nitrogen and oxygen atoms in total. The Morgan fingerprint density at radius 1 is 1.16 bits per heavy atom. The highest BCUT2D eigenvalue weighted by Gasteiger charge is 2.54. The predicted molar refractivity (Wildman–Crippen MR) is 158 cm³/mol. The van der Waals surface area contributed by atoms with E-state index in [0.29, 0.717) is 25.7 Å². The number of halogens is 5. The third-order valence-corrected chi connectivity index (χ3v) is 9.17. The molecule has 3 heterocycles. The topological polar surface area (TPSA) is 99.0 Å². The van der Waals surface area contributed by atoms with Crippen molar-refractivity contribution >= 4 is 30.3 Å². The quantitative estimate of drug-likeness (QED) is 0.286. The fourth-order valence-electron chi connectivity index (χ4n) is 6.40. The van der Waals surface area contributed by atoms with Gasteiger partial charge in [0.25, 0.3) is 5.92 Å². The number of hydrogen-bond donors (Lipinski definition) is 1. The molecule has 4 rings (SSSR count). The van der Waals surface area contributed by atoms with Crippen molar-refractivity contribution in [2.45, 2.75) is 114 Å². The number of pyridine rings is 1. The number of carbonyl (C=O) groups excluding carboxylic acids is 2. The Kier molecular flexibility index (Phi) is 10.0. The molecule has 1 aromatic rings. The average Bonchev–Trinajstić information content (AvgIpc) is 3.10. The van der Waals surface area contributed by atoms with Gasteiger partial charge in [-0.1, -0.05) is 0 Å². The van der Waals surface area contributed by atoms with E-state index in [-0.39, 0.29) is 43.8 Å². The predicted octanol–water partition coefficient (Wildman–Crippen LogP) is 6.22. The van der Waals surface area contributed by atoms with Crippen molar-refractivity contribution in [1.82, 2.24) is 14.8 Å². The SMILES string of the molecule is CC(C)(C)OC(=O)N1CC[C@H](CCOC2CCC(N3[C@@H](S)N(c4cnc(C#N)c(C(F)(F)F)c4)C(=O)C3(C)C)CC2)C(F)(F)C1. The molecule has 2 amide bonds. The van der Waals surface area contributed by atoms with Gasteiger partial charge in [0.2, 0.25) is 5.91 Å². The lowest BCUT2D eigenvalue weighted by Gasteiger charge is -2.42. The first-order valence-electron chi connectivity index (χ1n) is 15.0. The molecule has 250 valence electrons. The highest BCUT2D eigenvalue weighted by atomic mass is 32.1. The van der Waals surface area contributed by atoms with Crippen LogP contribution in [0, 0.1) is 17.2 Å². The van der Waals surface area contributed by atoms with Crippen molar-refractivity contribution in [2.24, 2.45) is 5.92 Å². The lowest BCUT2D eigenvalue weighted by molar-refractivity contribution is -0.138. The van der Waals surface area contributed by atoms with Crippen molar-refractivity contribution < 1.29 is 41.0 Å². The maximum Gasteiger partial charge on any atom is 0.419 e. The second-order valence-corrected chi connectivity index (χ2v) is 13.9. The fraction of sp³-hybridized carbons (Fsp3) is 0.733. The zero-order valence-corrected chi connectivity index (χ0v) is 26.9. The number of piperidine rings is 1. The van der Waals surface area contributed by atoms with Gasteiger partial charge in [0.15, 0.2) is 5.69 Å². The molecule has 0 spiro atoms. The van der Waals surface area contributed by atoms with E-state index in [1.165, 1.54) is 11.0 Å². The average molecular weight is 662 g/mol. The number of nitriles is 1. The van der Waals surface area contributed by atoms with Crippen molar-refractivity contribution in [3.05, 3.63) is 23.5 Å². The number of aromatic nitrogens is 1. The number of anilines is 1. The van der Waals surface area contributed by atoms with Crippen molar-refractivity contribution in [2.75, 3.05) is 24.6 Å². The second-order valence-electron chi connectivity index (χ2n) is 13.4. The molecule has 45 heavy (non-hydrogen) atoms. The molecule has 0 N–H and O–H groups in total. The number of hydrogen-bond acceptors (Lipinski definition) is 8. The number of rotatable bonds is 6. The maximum absolute atomic E-state index is 14.9. The van der Waals surface area contributed by atoms with E-state index in [4.69, 9.17) is 14.7 Å². The van der Waals surface area contributed by atoms with Gasteiger partial charge in [-0.3, -0.25) is 14.6 Å². The van der Waals surface area contributed by atoms with Gasteiger partial charge < -0.3 is 14.4 Å². The van der Waals surface area contributed by atoms with Crippen molar-refractivity contribution in [1.29, 1.82) is 5.26 Å². The first-order valence-corrected chi connectivity index (χ1v) is 15.5. The summed E-state index contributed by atoms with van der Waals surface area (Å²) >= 11 is 4.65. The number of thiol groups is 1. The monoisotopic (exact) mass is 661 g/mol. The summed E-state index contributed by atoms with van der Waals surface area (Å²) in [6.07, 6.45) is -1.95. The molecule has 2 aliphatic heterocycles. The summed E-state index contributed by atoms with van der Waals surface area (Å²) in [7, 11) is 0. The van der Waals surface area contributed by atoms with E-state index in [0.717, 1.165) is 17.2 Å². The Hall–Kier alpha value is -2.70. The Labute approximate surface area is 265 Å². The number of likely N-dealkylation sites (tertiary alicyclic amines) is 1. The minimum absolute atomic E-state index is 0.104. The van der Waals surface area contributed by atoms with Gasteiger partial charge in [0.05, 0.1) is 35.6 Å². The summed E-state index contributed by atoms with van der Waals surface area (Å²) in [5, 5.41) is 9.08. The summed E-state index contributed by atoms with van der Waals surface area (Å²) < 4.78 is 81.8. The molecule has 0 unspecified atom stereocenters. The molecule has 3 fully saturated rings. The number of amides is 2. The summed E-state index contributed by atoms with van der Waals surface area (Å²) in [6.45, 7) is 8.07. The highest BCUT2D eigenvalue weighted by Crippen LogP contribution is 2.43. The number of ether oxygens (including phenoxy) is 2. The fourth-order valence-corrected chi connectivity index (χ4v) is 7.12. The first-order chi connectivity index (χ1) is 20.8. The molecule has 0 aromatic carbocycles. The van der Waals surface area contributed by atoms with Gasteiger partial charge in [-0.05, 0) is 79.2 Å². The largest absolute Gasteiger partial charge is 0.444 e. The minimum atomic E-state index is -4.83. The molecule has 0 radical (unpaired) electrons. The zero-order valence-electron chi connectivity index (χ0n) is 26.0. The third-order valence-electron chi connectivity index (χ3n) is 8.69. The molecular weight excluding hydrogens is 621 g/mol. The van der Waals surface area contributed by atoms with Gasteiger partial charge in [-0.25, -0.2) is 18.6 Å². The van der Waals surface area contributed by atoms with E-state index < -0.39 is 64.5 Å². The zero-order chi connectivity index (χ0) is 33.5. The summed E-state index contributed by atoms with van der Waals surface area (Å²) in [4.78, 5) is 33.5. The van der Waals surface area contributed by atoms with E-state index in [9.17, 15) is 31.5 Å². The van der Waals surface area contributed by atoms with E-state index in [2.05, 4.69) is 17.6 Å². The van der Waals surface area contributed by atoms with E-state index in [1.54, 1.807) is 34.6 Å². The molecule has 1 saturated carbocycles. The van der Waals surface area contributed by atoms with Crippen LogP contribution in [0.5, 0.6) is 0 Å². The Bertz CT molecular complexity index is 1310. The minimum Gasteiger partial charge on any atom is -0.444 e. The Morgan fingerprint density at radius 2 is 1.80 bits per heavy atom. The molecule has 3 aliphatic rings. The number of alkyl halides is 5. The van der Waals surface area contributed by atoms with Crippen LogP contribution >= 0.6 is 12.6 Å². The Balaban J connectivity index is 1.32. The highest BCUT2D eigenvalue weighted by molar-refractivity contribution is 7.81. The van der Waals surface area contributed by atoms with Crippen LogP contribution in [0.1, 0.15) is 84.4 Å². The van der Waals surface area contributed by atoms with E-state index >= 15 is 0 Å². The van der Waals surface area contributed by atoms with Crippen LogP contribution in [0.4, 0.5) is 32.4 Å². The smallest absolute Gasteiger partial charge is 0.419 e. The van der Waals surface area contributed by atoms with Crippen LogP contribution in [0.3, 0.4) is 0 Å². The first kappa shape index (κ1) is 35.2. The number of carbonyl (C=O) groups is 2. The molecule has 1 aliphatic carbocycles. The number of nitrogens with zero attached hydrogens (tertiary/aromatic N) is 5. The van der Waals surface area contributed by atoms with Gasteiger partial charge in [-0.15, -0.1) is 12.6 Å².